The van der Waals surface area contributed by atoms with Crippen molar-refractivity contribution >= 4 is 11.8 Å². The Bertz CT molecular complexity index is 144. The van der Waals surface area contributed by atoms with Gasteiger partial charge in [-0.2, -0.15) is 0 Å². The first-order valence-corrected chi connectivity index (χ1v) is 7.09. The van der Waals surface area contributed by atoms with Crippen molar-refractivity contribution in [3.63, 3.8) is 0 Å². The zero-order valence-corrected chi connectivity index (χ0v) is 10.6. The van der Waals surface area contributed by atoms with E-state index >= 15 is 0 Å². The summed E-state index contributed by atoms with van der Waals surface area (Å²) in [7, 11) is 2.26. The molecule has 0 unspecified atom stereocenters. The predicted molar refractivity (Wildman–Crippen MR) is 65.9 cm³/mol. The third kappa shape index (κ3) is 3.79. The second kappa shape index (κ2) is 6.70. The highest BCUT2D eigenvalue weighted by molar-refractivity contribution is 7.98. The van der Waals surface area contributed by atoms with Crippen molar-refractivity contribution in [2.24, 2.45) is 0 Å². The van der Waals surface area contributed by atoms with Gasteiger partial charge in [0.2, 0.25) is 0 Å². The van der Waals surface area contributed by atoms with Gasteiger partial charge in [0, 0.05) is 18.0 Å². The van der Waals surface area contributed by atoms with Crippen LogP contribution in [0.4, 0.5) is 0 Å². The van der Waals surface area contributed by atoms with E-state index in [1.807, 2.05) is 11.8 Å². The van der Waals surface area contributed by atoms with Crippen LogP contribution in [-0.2, 0) is 0 Å². The summed E-state index contributed by atoms with van der Waals surface area (Å²) in [6.45, 7) is 3.32. The molecule has 1 rings (SSSR count). The minimum Gasteiger partial charge on any atom is -0.314 e. The third-order valence-corrected chi connectivity index (χ3v) is 3.81. The highest BCUT2D eigenvalue weighted by Crippen LogP contribution is 2.22. The van der Waals surface area contributed by atoms with Gasteiger partial charge in [0.1, 0.15) is 0 Å². The molecule has 0 atom stereocenters. The van der Waals surface area contributed by atoms with Crippen LogP contribution in [0.25, 0.3) is 0 Å². The molecule has 0 saturated heterocycles. The van der Waals surface area contributed by atoms with Gasteiger partial charge in [-0.25, -0.2) is 0 Å². The van der Waals surface area contributed by atoms with Gasteiger partial charge in [0.05, 0.1) is 0 Å². The first-order chi connectivity index (χ1) is 6.77. The van der Waals surface area contributed by atoms with Crippen LogP contribution in [0.3, 0.4) is 0 Å². The number of thioether (sulfide) groups is 1. The minimum atomic E-state index is 0.791. The molecule has 0 aromatic carbocycles. The van der Waals surface area contributed by atoms with Gasteiger partial charge in [-0.15, -0.1) is 11.8 Å². The molecule has 3 heteroatoms. The molecule has 0 amide bonds. The molecule has 84 valence electrons. The van der Waals surface area contributed by atoms with Crippen molar-refractivity contribution in [1.29, 1.82) is 0 Å². The van der Waals surface area contributed by atoms with Crippen molar-refractivity contribution < 1.29 is 0 Å². The summed E-state index contributed by atoms with van der Waals surface area (Å²) in [4.78, 5) is 2.51. The number of rotatable bonds is 5. The maximum Gasteiger partial charge on any atom is 0.0441 e. The molecule has 1 aliphatic carbocycles. The molecular weight excluding hydrogens is 192 g/mol. The summed E-state index contributed by atoms with van der Waals surface area (Å²) < 4.78 is 0. The minimum absolute atomic E-state index is 0.791. The number of nitrogens with one attached hydrogen (secondary N) is 1. The van der Waals surface area contributed by atoms with Crippen LogP contribution in [0.5, 0.6) is 0 Å². The molecular formula is C11H24N2S. The number of hydrogen-bond donors (Lipinski definition) is 1. The van der Waals surface area contributed by atoms with Crippen LogP contribution in [0.2, 0.25) is 0 Å². The molecule has 0 aromatic rings. The molecule has 1 saturated carbocycles. The fourth-order valence-corrected chi connectivity index (χ4v) is 2.94. The Kier molecular flexibility index (Phi) is 5.90. The Morgan fingerprint density at radius 1 is 1.29 bits per heavy atom. The molecule has 0 aliphatic heterocycles. The fourth-order valence-electron chi connectivity index (χ4n) is 2.32. The summed E-state index contributed by atoms with van der Waals surface area (Å²) in [6.07, 6.45) is 7.64. The second-order valence-electron chi connectivity index (χ2n) is 4.24. The summed E-state index contributed by atoms with van der Waals surface area (Å²) in [5, 5.41) is 3.55. The lowest BCUT2D eigenvalue weighted by molar-refractivity contribution is 0.199. The molecule has 1 aliphatic rings. The molecule has 0 aromatic heterocycles. The van der Waals surface area contributed by atoms with Crippen LogP contribution in [0, 0.1) is 0 Å². The van der Waals surface area contributed by atoms with E-state index in [-0.39, 0.29) is 0 Å². The Morgan fingerprint density at radius 2 is 1.93 bits per heavy atom. The van der Waals surface area contributed by atoms with Gasteiger partial charge in [-0.3, -0.25) is 4.90 Å². The van der Waals surface area contributed by atoms with Gasteiger partial charge in [-0.05, 0) is 45.5 Å². The molecule has 0 heterocycles. The van der Waals surface area contributed by atoms with Crippen molar-refractivity contribution in [3.05, 3.63) is 0 Å². The van der Waals surface area contributed by atoms with Crippen LogP contribution in [-0.4, -0.2) is 42.7 Å². The first-order valence-electron chi connectivity index (χ1n) is 5.70. The van der Waals surface area contributed by atoms with E-state index in [0.717, 1.165) is 18.6 Å². The summed E-state index contributed by atoms with van der Waals surface area (Å²) in [5.74, 6) is 1.18. The fraction of sp³-hybridized carbons (Fsp3) is 1.00. The Morgan fingerprint density at radius 3 is 2.43 bits per heavy atom. The SMILES string of the molecule is CCN[C@H]1CC[C@@H](N(C)CSC)CC1. The average molecular weight is 216 g/mol. The third-order valence-electron chi connectivity index (χ3n) is 3.15. The lowest BCUT2D eigenvalue weighted by Gasteiger charge is -2.34. The average Bonchev–Trinajstić information content (AvgIpc) is 2.20. The molecule has 2 nitrogen and oxygen atoms in total. The van der Waals surface area contributed by atoms with Crippen LogP contribution in [0.15, 0.2) is 0 Å². The normalized spacial score (nSPS) is 28.3. The molecule has 0 radical (unpaired) electrons. The van der Waals surface area contributed by atoms with E-state index in [0.29, 0.717) is 0 Å². The van der Waals surface area contributed by atoms with Crippen molar-refractivity contribution in [3.8, 4) is 0 Å². The quantitative estimate of drug-likeness (QED) is 0.709. The van der Waals surface area contributed by atoms with Crippen molar-refractivity contribution in [2.45, 2.75) is 44.7 Å². The smallest absolute Gasteiger partial charge is 0.0441 e. The summed E-state index contributed by atoms with van der Waals surface area (Å²) in [6, 6.07) is 1.62. The van der Waals surface area contributed by atoms with Gasteiger partial charge < -0.3 is 5.32 Å². The highest BCUT2D eigenvalue weighted by atomic mass is 32.2. The Labute approximate surface area is 92.8 Å². The molecule has 0 spiro atoms. The van der Waals surface area contributed by atoms with E-state index in [1.54, 1.807) is 0 Å². The zero-order chi connectivity index (χ0) is 10.4. The van der Waals surface area contributed by atoms with E-state index in [2.05, 4.69) is 30.4 Å². The van der Waals surface area contributed by atoms with E-state index in [4.69, 9.17) is 0 Å². The highest BCUT2D eigenvalue weighted by Gasteiger charge is 2.22. The van der Waals surface area contributed by atoms with Gasteiger partial charge in [0.25, 0.3) is 0 Å². The van der Waals surface area contributed by atoms with Crippen molar-refractivity contribution in [2.75, 3.05) is 25.7 Å². The predicted octanol–water partition coefficient (Wildman–Crippen LogP) is 2.16. The maximum atomic E-state index is 3.55. The molecule has 0 bridgehead atoms. The first kappa shape index (κ1) is 12.3. The van der Waals surface area contributed by atoms with Gasteiger partial charge in [-0.1, -0.05) is 6.92 Å². The van der Waals surface area contributed by atoms with E-state index in [9.17, 15) is 0 Å². The van der Waals surface area contributed by atoms with Crippen LogP contribution < -0.4 is 5.32 Å². The lowest BCUT2D eigenvalue weighted by Crippen LogP contribution is -2.40. The van der Waals surface area contributed by atoms with E-state index < -0.39 is 0 Å². The zero-order valence-electron chi connectivity index (χ0n) is 9.75. The van der Waals surface area contributed by atoms with E-state index in [1.165, 1.54) is 31.6 Å². The Balaban J connectivity index is 2.21. The van der Waals surface area contributed by atoms with Crippen molar-refractivity contribution in [1.82, 2.24) is 10.2 Å². The molecule has 14 heavy (non-hydrogen) atoms. The van der Waals surface area contributed by atoms with Crippen LogP contribution >= 0.6 is 11.8 Å². The maximum absolute atomic E-state index is 3.55. The molecule has 1 N–H and O–H groups in total. The standard InChI is InChI=1S/C11H24N2S/c1-4-12-10-5-7-11(8-6-10)13(2)9-14-3/h10-12H,4-9H2,1-3H3/t10-,11+. The largest absolute Gasteiger partial charge is 0.314 e. The number of hydrogen-bond acceptors (Lipinski definition) is 3. The number of nitrogens with zero attached hydrogens (tertiary/aromatic N) is 1. The lowest BCUT2D eigenvalue weighted by atomic mass is 9.90. The second-order valence-corrected chi connectivity index (χ2v) is 5.07. The summed E-state index contributed by atoms with van der Waals surface area (Å²) in [5.41, 5.74) is 0. The Hall–Kier alpha value is 0.270. The molecule has 1 fully saturated rings. The topological polar surface area (TPSA) is 15.3 Å². The van der Waals surface area contributed by atoms with Gasteiger partial charge >= 0.3 is 0 Å². The van der Waals surface area contributed by atoms with Crippen LogP contribution in [0.1, 0.15) is 32.6 Å². The van der Waals surface area contributed by atoms with Gasteiger partial charge in [0.15, 0.2) is 0 Å². The summed E-state index contributed by atoms with van der Waals surface area (Å²) >= 11 is 1.92. The monoisotopic (exact) mass is 216 g/mol.